The lowest BCUT2D eigenvalue weighted by Gasteiger charge is -2.39. The van der Waals surface area contributed by atoms with Crippen LogP contribution in [0.5, 0.6) is 0 Å². The predicted octanol–water partition coefficient (Wildman–Crippen LogP) is 4.96. The maximum absolute atomic E-state index is 14.6. The number of hydrogen-bond donors (Lipinski definition) is 2. The Morgan fingerprint density at radius 1 is 1.13 bits per heavy atom. The van der Waals surface area contributed by atoms with Gasteiger partial charge in [0.15, 0.2) is 0 Å². The van der Waals surface area contributed by atoms with Crippen molar-refractivity contribution in [3.8, 4) is 0 Å². The quantitative estimate of drug-likeness (QED) is 0.341. The average molecular weight is 646 g/mol. The van der Waals surface area contributed by atoms with E-state index in [4.69, 9.17) is 4.74 Å². The number of aromatic nitrogens is 1. The lowest BCUT2D eigenvalue weighted by Crippen LogP contribution is -2.49. The van der Waals surface area contributed by atoms with Gasteiger partial charge in [-0.1, -0.05) is 24.3 Å². The van der Waals surface area contributed by atoms with Gasteiger partial charge in [0.2, 0.25) is 11.8 Å². The predicted molar refractivity (Wildman–Crippen MR) is 176 cm³/mol. The first-order valence-electron chi connectivity index (χ1n) is 16.3. The van der Waals surface area contributed by atoms with E-state index >= 15 is 0 Å². The molecule has 9 nitrogen and oxygen atoms in total. The van der Waals surface area contributed by atoms with Crippen molar-refractivity contribution in [2.75, 3.05) is 37.7 Å². The molecule has 6 rings (SSSR count). The van der Waals surface area contributed by atoms with Crippen LogP contribution in [-0.2, 0) is 14.3 Å². The summed E-state index contributed by atoms with van der Waals surface area (Å²) < 4.78 is 34.0. The smallest absolute Gasteiger partial charge is 0.270 e. The maximum atomic E-state index is 14.6. The SMILES string of the molecule is C[C@H](NC(=O)[C@@H]1C[C@@H](F)CN1C(=O)CNC(=O)c1ccc2cc(F)ccc2n1)c1ccc(N2CCOC(C)(C)C2)cc1/C=C/C1CC1. The number of fused-ring (bicyclic) bond motifs is 1. The Hall–Kier alpha value is -4.38. The zero-order chi connectivity index (χ0) is 33.3. The van der Waals surface area contributed by atoms with Crippen LogP contribution in [-0.4, -0.2) is 78.2 Å². The molecule has 3 aromatic rings. The van der Waals surface area contributed by atoms with E-state index in [9.17, 15) is 23.2 Å². The summed E-state index contributed by atoms with van der Waals surface area (Å²) in [6.45, 7) is 7.59. The summed E-state index contributed by atoms with van der Waals surface area (Å²) in [6, 6.07) is 11.9. The highest BCUT2D eigenvalue weighted by atomic mass is 19.1. The molecule has 0 spiro atoms. The minimum absolute atomic E-state index is 0.0553. The van der Waals surface area contributed by atoms with Crippen molar-refractivity contribution in [3.63, 3.8) is 0 Å². The molecule has 0 unspecified atom stereocenters. The maximum Gasteiger partial charge on any atom is 0.270 e. The van der Waals surface area contributed by atoms with Gasteiger partial charge in [-0.15, -0.1) is 0 Å². The van der Waals surface area contributed by atoms with E-state index in [0.29, 0.717) is 23.4 Å². The fraction of sp³-hybridized carbons (Fsp3) is 0.444. The molecule has 3 atom stereocenters. The van der Waals surface area contributed by atoms with Crippen LogP contribution in [0.2, 0.25) is 0 Å². The number of likely N-dealkylation sites (tertiary alicyclic amines) is 1. The van der Waals surface area contributed by atoms with Gasteiger partial charge < -0.3 is 25.2 Å². The zero-order valence-electron chi connectivity index (χ0n) is 27.0. The lowest BCUT2D eigenvalue weighted by atomic mass is 9.98. The van der Waals surface area contributed by atoms with Gasteiger partial charge in [0.1, 0.15) is 23.7 Å². The van der Waals surface area contributed by atoms with Crippen molar-refractivity contribution >= 4 is 40.4 Å². The number of carbonyl (C=O) groups is 3. The average Bonchev–Trinajstić information content (AvgIpc) is 3.79. The molecular formula is C36H41F2N5O4. The van der Waals surface area contributed by atoms with Crippen molar-refractivity contribution in [1.82, 2.24) is 20.5 Å². The first-order chi connectivity index (χ1) is 22.5. The largest absolute Gasteiger partial charge is 0.372 e. The van der Waals surface area contributed by atoms with Crippen molar-refractivity contribution in [3.05, 3.63) is 77.2 Å². The highest BCUT2D eigenvalue weighted by Gasteiger charge is 2.40. The Kier molecular flexibility index (Phi) is 9.27. The van der Waals surface area contributed by atoms with Gasteiger partial charge in [-0.2, -0.15) is 0 Å². The van der Waals surface area contributed by atoms with Gasteiger partial charge in [-0.25, -0.2) is 13.8 Å². The van der Waals surface area contributed by atoms with Crippen molar-refractivity contribution in [1.29, 1.82) is 0 Å². The van der Waals surface area contributed by atoms with Crippen LogP contribution in [0, 0.1) is 11.7 Å². The number of nitrogens with zero attached hydrogens (tertiary/aromatic N) is 3. The molecule has 2 aromatic carbocycles. The molecule has 248 valence electrons. The fourth-order valence-corrected chi connectivity index (χ4v) is 6.33. The number of anilines is 1. The number of halogens is 2. The molecule has 3 amide bonds. The summed E-state index contributed by atoms with van der Waals surface area (Å²) in [5.74, 6) is -1.47. The molecule has 2 aliphatic heterocycles. The Labute approximate surface area is 273 Å². The van der Waals surface area contributed by atoms with Gasteiger partial charge in [-0.3, -0.25) is 14.4 Å². The van der Waals surface area contributed by atoms with Crippen LogP contribution in [0.1, 0.15) is 67.7 Å². The number of nitrogens with one attached hydrogen (secondary N) is 2. The molecule has 11 heteroatoms. The number of morpholine rings is 1. The second-order valence-corrected chi connectivity index (χ2v) is 13.4. The van der Waals surface area contributed by atoms with Gasteiger partial charge in [0.25, 0.3) is 5.91 Å². The molecule has 1 aromatic heterocycles. The highest BCUT2D eigenvalue weighted by Crippen LogP contribution is 2.33. The third-order valence-electron chi connectivity index (χ3n) is 9.01. The number of alkyl halides is 1. The number of pyridine rings is 1. The molecule has 0 bridgehead atoms. The van der Waals surface area contributed by atoms with Crippen LogP contribution in [0.25, 0.3) is 17.0 Å². The van der Waals surface area contributed by atoms with Crippen molar-refractivity contribution < 1.29 is 27.9 Å². The van der Waals surface area contributed by atoms with E-state index in [1.54, 1.807) is 6.07 Å². The third kappa shape index (κ3) is 7.78. The molecule has 1 saturated carbocycles. The molecule has 3 fully saturated rings. The molecule has 3 aliphatic rings. The van der Waals surface area contributed by atoms with E-state index in [1.165, 1.54) is 42.0 Å². The second kappa shape index (κ2) is 13.4. The van der Waals surface area contributed by atoms with Crippen LogP contribution >= 0.6 is 0 Å². The summed E-state index contributed by atoms with van der Waals surface area (Å²) >= 11 is 0. The summed E-state index contributed by atoms with van der Waals surface area (Å²) in [4.78, 5) is 47.2. The number of ether oxygens (including phenoxy) is 1. The molecule has 3 heterocycles. The monoisotopic (exact) mass is 645 g/mol. The molecular weight excluding hydrogens is 604 g/mol. The Morgan fingerprint density at radius 2 is 1.94 bits per heavy atom. The van der Waals surface area contributed by atoms with Crippen LogP contribution < -0.4 is 15.5 Å². The standard InChI is InChI=1S/C36H41F2N5O4/c1-22(29-11-10-28(17-24(29)7-6-23-4-5-23)42-14-15-47-36(2,3)21-42)40-35(46)32-18-27(38)20-43(32)33(44)19-39-34(45)31-12-8-25-16-26(37)9-13-30(25)41-31/h6-13,16-17,22-23,27,32H,4-5,14-15,18-21H2,1-3H3,(H,39,45)(H,40,46)/b7-6+/t22-,27+,32-/m0/s1. The first kappa shape index (κ1) is 32.6. The number of benzene rings is 2. The Balaban J connectivity index is 1.11. The van der Waals surface area contributed by atoms with E-state index in [-0.39, 0.29) is 24.3 Å². The molecule has 1 aliphatic carbocycles. The van der Waals surface area contributed by atoms with Gasteiger partial charge in [-0.05, 0) is 87.1 Å². The summed E-state index contributed by atoms with van der Waals surface area (Å²) in [5, 5.41) is 6.08. The topological polar surface area (TPSA) is 104 Å². The van der Waals surface area contributed by atoms with Crippen molar-refractivity contribution in [2.24, 2.45) is 5.92 Å². The normalized spacial score (nSPS) is 21.6. The van der Waals surface area contributed by atoms with E-state index < -0.39 is 48.3 Å². The minimum Gasteiger partial charge on any atom is -0.372 e. The first-order valence-corrected chi connectivity index (χ1v) is 16.3. The van der Waals surface area contributed by atoms with E-state index in [2.05, 4.69) is 58.6 Å². The Bertz CT molecular complexity index is 1710. The molecule has 2 saturated heterocycles. The fourth-order valence-electron chi connectivity index (χ4n) is 6.33. The van der Waals surface area contributed by atoms with Gasteiger partial charge in [0, 0.05) is 30.6 Å². The molecule has 47 heavy (non-hydrogen) atoms. The van der Waals surface area contributed by atoms with E-state index in [0.717, 1.165) is 29.9 Å². The number of allylic oxidation sites excluding steroid dienone is 1. The summed E-state index contributed by atoms with van der Waals surface area (Å²) in [5.41, 5.74) is 3.25. The minimum atomic E-state index is -1.36. The number of amides is 3. The highest BCUT2D eigenvalue weighted by molar-refractivity contribution is 5.97. The molecule has 0 radical (unpaired) electrons. The second-order valence-electron chi connectivity index (χ2n) is 13.4. The molecule has 2 N–H and O–H groups in total. The van der Waals surface area contributed by atoms with Gasteiger partial charge in [0.05, 0.1) is 36.9 Å². The van der Waals surface area contributed by atoms with E-state index in [1.807, 2.05) is 13.0 Å². The van der Waals surface area contributed by atoms with Crippen LogP contribution in [0.15, 0.2) is 54.6 Å². The zero-order valence-corrected chi connectivity index (χ0v) is 27.0. The van der Waals surface area contributed by atoms with Crippen molar-refractivity contribution in [2.45, 2.75) is 63.9 Å². The van der Waals surface area contributed by atoms with Crippen LogP contribution in [0.4, 0.5) is 14.5 Å². The summed E-state index contributed by atoms with van der Waals surface area (Å²) in [7, 11) is 0. The van der Waals surface area contributed by atoms with Crippen LogP contribution in [0.3, 0.4) is 0 Å². The third-order valence-corrected chi connectivity index (χ3v) is 9.01. The number of carbonyl (C=O) groups excluding carboxylic acids is 3. The lowest BCUT2D eigenvalue weighted by molar-refractivity contribution is -0.138. The summed E-state index contributed by atoms with van der Waals surface area (Å²) in [6.07, 6.45) is 5.20. The van der Waals surface area contributed by atoms with Gasteiger partial charge >= 0.3 is 0 Å². The Morgan fingerprint density at radius 3 is 2.70 bits per heavy atom. The number of rotatable bonds is 9. The number of hydrogen-bond acceptors (Lipinski definition) is 6.